The van der Waals surface area contributed by atoms with Crippen molar-refractivity contribution in [2.24, 2.45) is 0 Å². The Labute approximate surface area is 81.0 Å². The largest absolute Gasteiger partial charge is 0.321 e. The van der Waals surface area contributed by atoms with E-state index in [-0.39, 0.29) is 11.1 Å². The standard InChI is InChI=1S/C11H8N2O/c1-7-2-4-8-9(6-12)11(14)13-10(8)5-3-7/h2-5H,1H3,(H,13,14). The molecule has 2 rings (SSSR count). The Kier molecular flexibility index (Phi) is 1.83. The number of fused-ring (bicyclic) bond motifs is 1. The molecule has 14 heavy (non-hydrogen) atoms. The predicted molar refractivity (Wildman–Crippen MR) is 53.1 cm³/mol. The van der Waals surface area contributed by atoms with Gasteiger partial charge in [0.2, 0.25) is 0 Å². The van der Waals surface area contributed by atoms with E-state index in [0.717, 1.165) is 5.56 Å². The van der Waals surface area contributed by atoms with E-state index in [1.807, 2.05) is 31.2 Å². The average molecular weight is 184 g/mol. The van der Waals surface area contributed by atoms with Gasteiger partial charge < -0.3 is 4.98 Å². The molecule has 68 valence electrons. The first-order valence-corrected chi connectivity index (χ1v) is 4.25. The van der Waals surface area contributed by atoms with E-state index in [2.05, 4.69) is 4.98 Å². The highest BCUT2D eigenvalue weighted by Gasteiger charge is 2.12. The smallest absolute Gasteiger partial charge is 0.267 e. The molecular formula is C11H8N2O. The number of H-pyrrole nitrogens is 1. The molecule has 0 radical (unpaired) electrons. The quantitative estimate of drug-likeness (QED) is 0.676. The number of aromatic amines is 1. The zero-order valence-corrected chi connectivity index (χ0v) is 7.66. The number of hydrogen-bond acceptors (Lipinski definition) is 2. The Balaban J connectivity index is 2.86. The van der Waals surface area contributed by atoms with Crippen LogP contribution in [0.1, 0.15) is 11.1 Å². The zero-order valence-electron chi connectivity index (χ0n) is 7.66. The summed E-state index contributed by atoms with van der Waals surface area (Å²) in [6.45, 7) is 1.96. The minimum absolute atomic E-state index is 0.190. The van der Waals surface area contributed by atoms with Crippen molar-refractivity contribution >= 4 is 0 Å². The first kappa shape index (κ1) is 8.52. The van der Waals surface area contributed by atoms with Gasteiger partial charge in [0.1, 0.15) is 11.6 Å². The fourth-order valence-corrected chi connectivity index (χ4v) is 1.41. The molecule has 1 N–H and O–H groups in total. The molecule has 0 aromatic carbocycles. The van der Waals surface area contributed by atoms with Crippen LogP contribution >= 0.6 is 0 Å². The van der Waals surface area contributed by atoms with Crippen LogP contribution < -0.4 is 5.56 Å². The summed E-state index contributed by atoms with van der Waals surface area (Å²) in [5.41, 5.74) is 2.36. The van der Waals surface area contributed by atoms with Crippen LogP contribution in [0, 0.1) is 18.3 Å². The second-order valence-corrected chi connectivity index (χ2v) is 3.18. The Morgan fingerprint density at radius 1 is 1.29 bits per heavy atom. The van der Waals surface area contributed by atoms with Crippen LogP contribution in [0.4, 0.5) is 0 Å². The van der Waals surface area contributed by atoms with E-state index >= 15 is 0 Å². The molecule has 0 saturated heterocycles. The topological polar surface area (TPSA) is 56.6 Å². The van der Waals surface area contributed by atoms with E-state index in [9.17, 15) is 4.79 Å². The van der Waals surface area contributed by atoms with Crippen molar-refractivity contribution in [3.05, 3.63) is 45.7 Å². The SMILES string of the molecule is Cc1ccc2[nH]c(=O)c(C#N)c-2cc1. The van der Waals surface area contributed by atoms with Crippen molar-refractivity contribution in [2.75, 3.05) is 0 Å². The predicted octanol–water partition coefficient (Wildman–Crippen LogP) is 1.66. The lowest BCUT2D eigenvalue weighted by Gasteiger charge is -1.87. The van der Waals surface area contributed by atoms with Gasteiger partial charge in [-0.15, -0.1) is 0 Å². The number of nitrogens with one attached hydrogen (secondary N) is 1. The summed E-state index contributed by atoms with van der Waals surface area (Å²) in [6, 6.07) is 9.30. The minimum Gasteiger partial charge on any atom is -0.321 e. The molecule has 0 unspecified atom stereocenters. The lowest BCUT2D eigenvalue weighted by molar-refractivity contribution is 1.31. The number of aryl methyl sites for hydroxylation is 1. The highest BCUT2D eigenvalue weighted by Crippen LogP contribution is 2.20. The molecule has 1 aliphatic heterocycles. The molecule has 0 saturated carbocycles. The van der Waals surface area contributed by atoms with Gasteiger partial charge in [0.05, 0.1) is 0 Å². The molecule has 0 amide bonds. The van der Waals surface area contributed by atoms with Crippen LogP contribution in [0.15, 0.2) is 29.1 Å². The van der Waals surface area contributed by atoms with Crippen LogP contribution in [-0.4, -0.2) is 4.98 Å². The Hall–Kier alpha value is -2.08. The summed E-state index contributed by atoms with van der Waals surface area (Å²) in [6.07, 6.45) is 0. The third-order valence-electron chi connectivity index (χ3n) is 2.17. The molecule has 0 fully saturated rings. The fraction of sp³-hybridized carbons (Fsp3) is 0.0909. The van der Waals surface area contributed by atoms with Crippen LogP contribution in [0.25, 0.3) is 11.3 Å². The number of aromatic nitrogens is 1. The van der Waals surface area contributed by atoms with Gasteiger partial charge in [-0.25, -0.2) is 0 Å². The second kappa shape index (κ2) is 3.00. The molecule has 0 bridgehead atoms. The first-order valence-electron chi connectivity index (χ1n) is 4.25. The number of rotatable bonds is 0. The van der Waals surface area contributed by atoms with Crippen molar-refractivity contribution in [3.8, 4) is 17.3 Å². The molecular weight excluding hydrogens is 176 g/mol. The fourth-order valence-electron chi connectivity index (χ4n) is 1.41. The molecule has 0 spiro atoms. The van der Waals surface area contributed by atoms with Gasteiger partial charge in [-0.05, 0) is 13.0 Å². The molecule has 3 heteroatoms. The maximum atomic E-state index is 11.3. The van der Waals surface area contributed by atoms with Crippen molar-refractivity contribution in [2.45, 2.75) is 6.92 Å². The van der Waals surface area contributed by atoms with Crippen LogP contribution in [-0.2, 0) is 0 Å². The average Bonchev–Trinajstić information content (AvgIpc) is 2.36. The third kappa shape index (κ3) is 1.17. The van der Waals surface area contributed by atoms with E-state index in [1.165, 1.54) is 0 Å². The van der Waals surface area contributed by atoms with E-state index < -0.39 is 0 Å². The van der Waals surface area contributed by atoms with Crippen molar-refractivity contribution in [1.29, 1.82) is 5.26 Å². The third-order valence-corrected chi connectivity index (χ3v) is 2.17. The summed E-state index contributed by atoms with van der Waals surface area (Å²) in [5.74, 6) is 0. The molecule has 1 aliphatic carbocycles. The van der Waals surface area contributed by atoms with E-state index in [4.69, 9.17) is 5.26 Å². The summed E-state index contributed by atoms with van der Waals surface area (Å²) in [4.78, 5) is 13.9. The monoisotopic (exact) mass is 184 g/mol. The zero-order chi connectivity index (χ0) is 10.1. The normalized spacial score (nSPS) is 10.0. The molecule has 2 aliphatic rings. The lowest BCUT2D eigenvalue weighted by atomic mass is 10.1. The van der Waals surface area contributed by atoms with Gasteiger partial charge in [0.15, 0.2) is 0 Å². The van der Waals surface area contributed by atoms with Gasteiger partial charge in [0, 0.05) is 11.3 Å². The molecule has 3 nitrogen and oxygen atoms in total. The lowest BCUT2D eigenvalue weighted by Crippen LogP contribution is -2.00. The summed E-state index contributed by atoms with van der Waals surface area (Å²) >= 11 is 0. The maximum absolute atomic E-state index is 11.3. The Morgan fingerprint density at radius 3 is 2.71 bits per heavy atom. The minimum atomic E-state index is -0.314. The molecule has 1 heterocycles. The summed E-state index contributed by atoms with van der Waals surface area (Å²) in [5, 5.41) is 8.79. The van der Waals surface area contributed by atoms with E-state index in [1.54, 1.807) is 6.07 Å². The molecule has 0 aromatic heterocycles. The van der Waals surface area contributed by atoms with Gasteiger partial charge in [0.25, 0.3) is 5.56 Å². The second-order valence-electron chi connectivity index (χ2n) is 3.18. The highest BCUT2D eigenvalue weighted by atomic mass is 16.1. The summed E-state index contributed by atoms with van der Waals surface area (Å²) < 4.78 is 0. The van der Waals surface area contributed by atoms with Crippen LogP contribution in [0.2, 0.25) is 0 Å². The van der Waals surface area contributed by atoms with Crippen LogP contribution in [0.5, 0.6) is 0 Å². The van der Waals surface area contributed by atoms with Crippen LogP contribution in [0.3, 0.4) is 0 Å². The number of hydrogen-bond donors (Lipinski definition) is 1. The highest BCUT2D eigenvalue weighted by molar-refractivity contribution is 5.68. The van der Waals surface area contributed by atoms with Gasteiger partial charge in [-0.2, -0.15) is 5.26 Å². The van der Waals surface area contributed by atoms with Crippen molar-refractivity contribution in [3.63, 3.8) is 0 Å². The van der Waals surface area contributed by atoms with Crippen molar-refractivity contribution < 1.29 is 0 Å². The Bertz CT molecular complexity index is 548. The Morgan fingerprint density at radius 2 is 2.00 bits per heavy atom. The number of nitrogens with zero attached hydrogens (tertiary/aromatic N) is 1. The first-order chi connectivity index (χ1) is 6.72. The molecule has 0 atom stereocenters. The number of nitriles is 1. The van der Waals surface area contributed by atoms with E-state index in [0.29, 0.717) is 11.3 Å². The van der Waals surface area contributed by atoms with Gasteiger partial charge >= 0.3 is 0 Å². The van der Waals surface area contributed by atoms with Crippen molar-refractivity contribution in [1.82, 2.24) is 4.98 Å². The summed E-state index contributed by atoms with van der Waals surface area (Å²) in [7, 11) is 0. The maximum Gasteiger partial charge on any atom is 0.267 e. The molecule has 0 aromatic rings. The van der Waals surface area contributed by atoms with Gasteiger partial charge in [-0.1, -0.05) is 23.8 Å². The van der Waals surface area contributed by atoms with Gasteiger partial charge in [-0.3, -0.25) is 4.79 Å².